The van der Waals surface area contributed by atoms with Crippen molar-refractivity contribution >= 4 is 47.2 Å². The van der Waals surface area contributed by atoms with E-state index in [1.54, 1.807) is 30.3 Å². The Hall–Kier alpha value is -0.830. The number of carbonyl (C=O) groups is 1. The number of amides is 1. The molecule has 120 valence electrons. The summed E-state index contributed by atoms with van der Waals surface area (Å²) in [4.78, 5) is 20.1. The Morgan fingerprint density at radius 1 is 1.33 bits per heavy atom. The summed E-state index contributed by atoms with van der Waals surface area (Å²) < 4.78 is 0. The van der Waals surface area contributed by atoms with Gasteiger partial charge in [-0.05, 0) is 26.0 Å². The fourth-order valence-corrected chi connectivity index (χ4v) is 2.40. The molecule has 0 aliphatic carbocycles. The molecule has 0 spiro atoms. The van der Waals surface area contributed by atoms with Crippen LogP contribution in [0.15, 0.2) is 17.1 Å². The molecule has 0 fully saturated rings. The number of nitrogens with one attached hydrogen (secondary N) is 2. The molecule has 0 aromatic carbocycles. The zero-order valence-electron chi connectivity index (χ0n) is 13.1. The molecular formula is C14H25IN4OS. The van der Waals surface area contributed by atoms with Gasteiger partial charge in [-0.3, -0.25) is 4.79 Å². The number of halogens is 1. The summed E-state index contributed by atoms with van der Waals surface area (Å²) in [6.45, 7) is 6.17. The molecule has 0 atom stereocenters. The van der Waals surface area contributed by atoms with Crippen LogP contribution in [0.25, 0.3) is 0 Å². The van der Waals surface area contributed by atoms with Crippen LogP contribution in [0.3, 0.4) is 0 Å². The zero-order chi connectivity index (χ0) is 15.0. The van der Waals surface area contributed by atoms with Crippen molar-refractivity contribution < 1.29 is 4.79 Å². The van der Waals surface area contributed by atoms with Gasteiger partial charge in [0.25, 0.3) is 0 Å². The van der Waals surface area contributed by atoms with Crippen LogP contribution in [0.5, 0.6) is 0 Å². The highest BCUT2D eigenvalue weighted by atomic mass is 127. The Kier molecular flexibility index (Phi) is 10.4. The maximum atomic E-state index is 11.5. The van der Waals surface area contributed by atoms with Crippen LogP contribution in [0.4, 0.5) is 0 Å². The molecule has 0 unspecified atom stereocenters. The quantitative estimate of drug-likeness (QED) is 0.418. The molecule has 1 aromatic rings. The predicted octanol–water partition coefficient (Wildman–Crippen LogP) is 2.21. The van der Waals surface area contributed by atoms with Gasteiger partial charge in [0.2, 0.25) is 5.91 Å². The molecule has 1 aromatic heterocycles. The third kappa shape index (κ3) is 8.25. The summed E-state index contributed by atoms with van der Waals surface area (Å²) in [5.41, 5.74) is 0. The second kappa shape index (κ2) is 10.8. The van der Waals surface area contributed by atoms with Crippen molar-refractivity contribution in [2.24, 2.45) is 4.99 Å². The minimum Gasteiger partial charge on any atom is -0.357 e. The third-order valence-electron chi connectivity index (χ3n) is 2.66. The average Bonchev–Trinajstić information content (AvgIpc) is 2.81. The van der Waals surface area contributed by atoms with Crippen molar-refractivity contribution in [2.45, 2.75) is 26.8 Å². The lowest BCUT2D eigenvalue weighted by molar-refractivity contribution is -0.128. The Labute approximate surface area is 148 Å². The maximum Gasteiger partial charge on any atom is 0.223 e. The van der Waals surface area contributed by atoms with Gasteiger partial charge < -0.3 is 15.5 Å². The number of thiophene rings is 1. The number of hydrogen-bond acceptors (Lipinski definition) is 3. The first-order chi connectivity index (χ1) is 9.52. The van der Waals surface area contributed by atoms with Crippen molar-refractivity contribution in [3.8, 4) is 0 Å². The molecule has 7 heteroatoms. The monoisotopic (exact) mass is 424 g/mol. The van der Waals surface area contributed by atoms with Gasteiger partial charge in [0.15, 0.2) is 5.96 Å². The van der Waals surface area contributed by atoms with E-state index in [1.165, 1.54) is 9.75 Å². The molecule has 0 radical (unpaired) electrons. The number of nitrogens with zero attached hydrogens (tertiary/aromatic N) is 2. The van der Waals surface area contributed by atoms with Gasteiger partial charge in [-0.2, -0.15) is 0 Å². The topological polar surface area (TPSA) is 56.7 Å². The van der Waals surface area contributed by atoms with E-state index in [1.807, 2.05) is 6.92 Å². The van der Waals surface area contributed by atoms with E-state index < -0.39 is 0 Å². The molecule has 1 rings (SSSR count). The number of hydrogen-bond donors (Lipinski definition) is 2. The Morgan fingerprint density at radius 2 is 2.05 bits per heavy atom. The van der Waals surface area contributed by atoms with E-state index in [9.17, 15) is 4.79 Å². The summed E-state index contributed by atoms with van der Waals surface area (Å²) in [5.74, 6) is 0.868. The minimum atomic E-state index is 0. The summed E-state index contributed by atoms with van der Waals surface area (Å²) in [5, 5.41) is 6.36. The van der Waals surface area contributed by atoms with Crippen molar-refractivity contribution in [3.63, 3.8) is 0 Å². The summed E-state index contributed by atoms with van der Waals surface area (Å²) in [6.07, 6.45) is 0.468. The van der Waals surface area contributed by atoms with Gasteiger partial charge in [-0.15, -0.1) is 35.3 Å². The van der Waals surface area contributed by atoms with E-state index >= 15 is 0 Å². The van der Waals surface area contributed by atoms with Crippen molar-refractivity contribution in [3.05, 3.63) is 21.9 Å². The molecule has 0 bridgehead atoms. The fourth-order valence-electron chi connectivity index (χ4n) is 1.58. The van der Waals surface area contributed by atoms with Crippen LogP contribution >= 0.6 is 35.3 Å². The van der Waals surface area contributed by atoms with E-state index in [0.717, 1.165) is 12.5 Å². The number of aryl methyl sites for hydroxylation is 1. The Bertz CT molecular complexity index is 460. The van der Waals surface area contributed by atoms with Crippen LogP contribution in [0.1, 0.15) is 23.1 Å². The standard InChI is InChI=1S/C14H24N4OS.HI/c1-5-15-14(16-9-8-13(19)18(3)4)17-10-12-7-6-11(2)20-12;/h6-7H,5,8-10H2,1-4H3,(H2,15,16,17);1H. The molecule has 1 amide bonds. The van der Waals surface area contributed by atoms with Gasteiger partial charge in [0.1, 0.15) is 0 Å². The smallest absolute Gasteiger partial charge is 0.223 e. The summed E-state index contributed by atoms with van der Waals surface area (Å²) >= 11 is 1.76. The lowest BCUT2D eigenvalue weighted by Crippen LogP contribution is -2.39. The number of carbonyl (C=O) groups excluding carboxylic acids is 1. The second-order valence-electron chi connectivity index (χ2n) is 4.67. The van der Waals surface area contributed by atoms with Crippen LogP contribution in [-0.4, -0.2) is 44.0 Å². The van der Waals surface area contributed by atoms with Crippen molar-refractivity contribution in [2.75, 3.05) is 27.2 Å². The Balaban J connectivity index is 0.00000400. The second-order valence-corrected chi connectivity index (χ2v) is 6.04. The number of aliphatic imine (C=N–C) groups is 1. The van der Waals surface area contributed by atoms with Crippen LogP contribution in [-0.2, 0) is 11.3 Å². The van der Waals surface area contributed by atoms with Gasteiger partial charge in [0, 0.05) is 43.4 Å². The molecule has 0 saturated carbocycles. The molecule has 5 nitrogen and oxygen atoms in total. The van der Waals surface area contributed by atoms with Crippen molar-refractivity contribution in [1.82, 2.24) is 15.5 Å². The lowest BCUT2D eigenvalue weighted by Gasteiger charge is -2.13. The Morgan fingerprint density at radius 3 is 2.57 bits per heavy atom. The first kappa shape index (κ1) is 20.2. The van der Waals surface area contributed by atoms with E-state index in [-0.39, 0.29) is 29.9 Å². The molecular weight excluding hydrogens is 399 g/mol. The maximum absolute atomic E-state index is 11.5. The van der Waals surface area contributed by atoms with Gasteiger partial charge >= 0.3 is 0 Å². The van der Waals surface area contributed by atoms with Crippen molar-refractivity contribution in [1.29, 1.82) is 0 Å². The minimum absolute atomic E-state index is 0. The van der Waals surface area contributed by atoms with Crippen LogP contribution < -0.4 is 10.6 Å². The predicted molar refractivity (Wildman–Crippen MR) is 101 cm³/mol. The lowest BCUT2D eigenvalue weighted by atomic mass is 10.4. The van der Waals surface area contributed by atoms with Gasteiger partial charge in [-0.25, -0.2) is 4.99 Å². The molecule has 0 saturated heterocycles. The fraction of sp³-hybridized carbons (Fsp3) is 0.571. The van der Waals surface area contributed by atoms with Crippen LogP contribution in [0.2, 0.25) is 0 Å². The van der Waals surface area contributed by atoms with Gasteiger partial charge in [-0.1, -0.05) is 0 Å². The van der Waals surface area contributed by atoms with E-state index in [4.69, 9.17) is 0 Å². The summed E-state index contributed by atoms with van der Waals surface area (Å²) in [6, 6.07) is 4.20. The van der Waals surface area contributed by atoms with Gasteiger partial charge in [0.05, 0.1) is 6.54 Å². The SMILES string of the molecule is CCNC(=NCc1ccc(C)s1)NCCC(=O)N(C)C.I. The number of rotatable bonds is 6. The average molecular weight is 424 g/mol. The largest absolute Gasteiger partial charge is 0.357 e. The highest BCUT2D eigenvalue weighted by molar-refractivity contribution is 14.0. The van der Waals surface area contributed by atoms with E-state index in [2.05, 4.69) is 34.7 Å². The van der Waals surface area contributed by atoms with Crippen LogP contribution in [0, 0.1) is 6.92 Å². The summed E-state index contributed by atoms with van der Waals surface area (Å²) in [7, 11) is 3.53. The highest BCUT2D eigenvalue weighted by Gasteiger charge is 2.04. The molecule has 1 heterocycles. The number of guanidine groups is 1. The first-order valence-electron chi connectivity index (χ1n) is 6.80. The highest BCUT2D eigenvalue weighted by Crippen LogP contribution is 2.15. The first-order valence-corrected chi connectivity index (χ1v) is 7.62. The molecule has 0 aliphatic heterocycles. The molecule has 0 aliphatic rings. The normalized spacial score (nSPS) is 10.8. The molecule has 2 N–H and O–H groups in total. The zero-order valence-corrected chi connectivity index (χ0v) is 16.2. The third-order valence-corrected chi connectivity index (χ3v) is 3.65. The van der Waals surface area contributed by atoms with E-state index in [0.29, 0.717) is 19.5 Å². The molecule has 21 heavy (non-hydrogen) atoms.